The molecule has 0 bridgehead atoms. The van der Waals surface area contributed by atoms with Gasteiger partial charge in [-0.3, -0.25) is 0 Å². The first-order valence-corrected chi connectivity index (χ1v) is 7.54. The average Bonchev–Trinajstić information content (AvgIpc) is 2.92. The van der Waals surface area contributed by atoms with E-state index < -0.39 is 0 Å². The van der Waals surface area contributed by atoms with Gasteiger partial charge >= 0.3 is 0 Å². The Balaban J connectivity index is 1.40. The normalized spacial score (nSPS) is 22.4. The summed E-state index contributed by atoms with van der Waals surface area (Å²) in [6.45, 7) is 4.76. The second-order valence-electron chi connectivity index (χ2n) is 5.65. The van der Waals surface area contributed by atoms with E-state index in [4.69, 9.17) is 4.74 Å². The Morgan fingerprint density at radius 2 is 2.21 bits per heavy atom. The Labute approximate surface area is 115 Å². The van der Waals surface area contributed by atoms with Crippen LogP contribution in [0.25, 0.3) is 0 Å². The lowest BCUT2D eigenvalue weighted by molar-refractivity contribution is 0.0742. The molecule has 19 heavy (non-hydrogen) atoms. The molecule has 1 aromatic carbocycles. The van der Waals surface area contributed by atoms with Crippen LogP contribution in [0, 0.1) is 0 Å². The molecule has 1 aromatic rings. The molecule has 0 spiro atoms. The molecule has 0 saturated carbocycles. The minimum Gasteiger partial charge on any atom is -0.379 e. The van der Waals surface area contributed by atoms with Gasteiger partial charge in [-0.2, -0.15) is 0 Å². The van der Waals surface area contributed by atoms with Crippen molar-refractivity contribution in [2.45, 2.75) is 38.3 Å². The number of hydrogen-bond donors (Lipinski definition) is 2. The van der Waals surface area contributed by atoms with E-state index in [9.17, 15) is 0 Å². The first-order valence-electron chi connectivity index (χ1n) is 7.54. The van der Waals surface area contributed by atoms with Crippen LogP contribution >= 0.6 is 0 Å². The molecule has 104 valence electrons. The smallest absolute Gasteiger partial charge is 0.0620 e. The Kier molecular flexibility index (Phi) is 4.49. The highest BCUT2D eigenvalue weighted by atomic mass is 16.5. The average molecular weight is 260 g/mol. The van der Waals surface area contributed by atoms with Crippen LogP contribution in [0.1, 0.15) is 29.5 Å². The molecular weight excluding hydrogens is 236 g/mol. The van der Waals surface area contributed by atoms with Crippen LogP contribution in [-0.4, -0.2) is 32.3 Å². The lowest BCUT2D eigenvalue weighted by Gasteiger charge is -2.23. The number of benzene rings is 1. The van der Waals surface area contributed by atoms with Gasteiger partial charge in [-0.15, -0.1) is 0 Å². The van der Waals surface area contributed by atoms with Crippen molar-refractivity contribution in [3.05, 3.63) is 34.9 Å². The highest BCUT2D eigenvalue weighted by Crippen LogP contribution is 2.22. The van der Waals surface area contributed by atoms with Crippen molar-refractivity contribution in [3.8, 4) is 0 Å². The lowest BCUT2D eigenvalue weighted by Crippen LogP contribution is -2.42. The van der Waals surface area contributed by atoms with Crippen LogP contribution < -0.4 is 10.6 Å². The van der Waals surface area contributed by atoms with E-state index >= 15 is 0 Å². The molecule has 1 unspecified atom stereocenters. The summed E-state index contributed by atoms with van der Waals surface area (Å²) in [5, 5.41) is 7.03. The van der Waals surface area contributed by atoms with E-state index in [1.54, 1.807) is 11.1 Å². The maximum absolute atomic E-state index is 5.46. The zero-order valence-electron chi connectivity index (χ0n) is 11.6. The van der Waals surface area contributed by atoms with Gasteiger partial charge < -0.3 is 15.4 Å². The molecule has 0 aromatic heterocycles. The summed E-state index contributed by atoms with van der Waals surface area (Å²) in [7, 11) is 0. The van der Waals surface area contributed by atoms with Crippen molar-refractivity contribution in [2.75, 3.05) is 26.3 Å². The van der Waals surface area contributed by atoms with E-state index in [0.717, 1.165) is 39.3 Å². The van der Waals surface area contributed by atoms with Crippen molar-refractivity contribution in [1.29, 1.82) is 0 Å². The van der Waals surface area contributed by atoms with Crippen LogP contribution in [0.3, 0.4) is 0 Å². The van der Waals surface area contributed by atoms with Gasteiger partial charge in [0.2, 0.25) is 0 Å². The van der Waals surface area contributed by atoms with Crippen LogP contribution in [-0.2, 0) is 24.1 Å². The second kappa shape index (κ2) is 6.51. The Bertz CT molecular complexity index is 413. The molecule has 1 saturated heterocycles. The van der Waals surface area contributed by atoms with E-state index in [0.29, 0.717) is 6.04 Å². The van der Waals surface area contributed by atoms with Crippen molar-refractivity contribution in [3.63, 3.8) is 0 Å². The Morgan fingerprint density at radius 1 is 1.26 bits per heavy atom. The summed E-state index contributed by atoms with van der Waals surface area (Å²) in [4.78, 5) is 0. The lowest BCUT2D eigenvalue weighted by atomic mass is 10.1. The molecule has 2 aliphatic rings. The van der Waals surface area contributed by atoms with Gasteiger partial charge in [-0.1, -0.05) is 18.2 Å². The first kappa shape index (κ1) is 13.1. The van der Waals surface area contributed by atoms with Gasteiger partial charge in [0.1, 0.15) is 0 Å². The van der Waals surface area contributed by atoms with Crippen LogP contribution in [0.2, 0.25) is 0 Å². The number of morpholine rings is 1. The third-order valence-electron chi connectivity index (χ3n) is 4.16. The van der Waals surface area contributed by atoms with Gasteiger partial charge in [0.15, 0.2) is 0 Å². The van der Waals surface area contributed by atoms with Crippen molar-refractivity contribution in [1.82, 2.24) is 10.6 Å². The van der Waals surface area contributed by atoms with Crippen molar-refractivity contribution >= 4 is 0 Å². The molecule has 0 amide bonds. The fraction of sp³-hybridized carbons (Fsp3) is 0.625. The number of rotatable bonds is 5. The Hall–Kier alpha value is -0.900. The van der Waals surface area contributed by atoms with Gasteiger partial charge in [-0.05, 0) is 48.9 Å². The minimum absolute atomic E-state index is 0.529. The molecule has 2 N–H and O–H groups in total. The fourth-order valence-electron chi connectivity index (χ4n) is 3.05. The summed E-state index contributed by atoms with van der Waals surface area (Å²) in [6, 6.07) is 7.51. The molecule has 3 heteroatoms. The first-order chi connectivity index (χ1) is 9.42. The zero-order chi connectivity index (χ0) is 12.9. The summed E-state index contributed by atoms with van der Waals surface area (Å²) in [5.41, 5.74) is 4.56. The molecule has 1 atom stereocenters. The highest BCUT2D eigenvalue weighted by molar-refractivity contribution is 5.35. The number of nitrogens with one attached hydrogen (secondary N) is 2. The third kappa shape index (κ3) is 3.56. The highest BCUT2D eigenvalue weighted by Gasteiger charge is 2.12. The predicted octanol–water partition coefficient (Wildman–Crippen LogP) is 1.64. The summed E-state index contributed by atoms with van der Waals surface area (Å²) in [6.07, 6.45) is 5.02. The maximum atomic E-state index is 5.46. The fourth-order valence-corrected chi connectivity index (χ4v) is 3.05. The van der Waals surface area contributed by atoms with E-state index in [1.165, 1.54) is 24.8 Å². The van der Waals surface area contributed by atoms with E-state index in [2.05, 4.69) is 28.8 Å². The van der Waals surface area contributed by atoms with Gasteiger partial charge in [0, 0.05) is 19.1 Å². The quantitative estimate of drug-likeness (QED) is 0.790. The SMILES string of the molecule is c1cc2c(cc1CNCCC1COCCN1)CCC2. The number of ether oxygens (including phenoxy) is 1. The molecule has 1 fully saturated rings. The largest absolute Gasteiger partial charge is 0.379 e. The van der Waals surface area contributed by atoms with Gasteiger partial charge in [0.25, 0.3) is 0 Å². The van der Waals surface area contributed by atoms with E-state index in [-0.39, 0.29) is 0 Å². The van der Waals surface area contributed by atoms with Gasteiger partial charge in [-0.25, -0.2) is 0 Å². The minimum atomic E-state index is 0.529. The van der Waals surface area contributed by atoms with Crippen LogP contribution in [0.15, 0.2) is 18.2 Å². The zero-order valence-corrected chi connectivity index (χ0v) is 11.6. The third-order valence-corrected chi connectivity index (χ3v) is 4.16. The molecule has 1 aliphatic heterocycles. The standard InChI is InChI=1S/C16H24N2O/c1-2-14-5-4-13(10-15(14)3-1)11-17-7-6-16-12-19-9-8-18-16/h4-5,10,16-18H,1-3,6-9,11-12H2. The molecular formula is C16H24N2O. The second-order valence-corrected chi connectivity index (χ2v) is 5.65. The topological polar surface area (TPSA) is 33.3 Å². The maximum Gasteiger partial charge on any atom is 0.0620 e. The predicted molar refractivity (Wildman–Crippen MR) is 77.4 cm³/mol. The summed E-state index contributed by atoms with van der Waals surface area (Å²) in [5.74, 6) is 0. The summed E-state index contributed by atoms with van der Waals surface area (Å²) < 4.78 is 5.46. The molecule has 0 radical (unpaired) electrons. The number of aryl methyl sites for hydroxylation is 2. The summed E-state index contributed by atoms with van der Waals surface area (Å²) >= 11 is 0. The Morgan fingerprint density at radius 3 is 3.11 bits per heavy atom. The van der Waals surface area contributed by atoms with Crippen molar-refractivity contribution < 1.29 is 4.74 Å². The number of hydrogen-bond acceptors (Lipinski definition) is 3. The molecule has 3 nitrogen and oxygen atoms in total. The molecule has 1 heterocycles. The number of fused-ring (bicyclic) bond motifs is 1. The van der Waals surface area contributed by atoms with Crippen LogP contribution in [0.4, 0.5) is 0 Å². The van der Waals surface area contributed by atoms with Crippen molar-refractivity contribution in [2.24, 2.45) is 0 Å². The monoisotopic (exact) mass is 260 g/mol. The van der Waals surface area contributed by atoms with Gasteiger partial charge in [0.05, 0.1) is 13.2 Å². The van der Waals surface area contributed by atoms with E-state index in [1.807, 2.05) is 0 Å². The molecule has 3 rings (SSSR count). The van der Waals surface area contributed by atoms with Crippen LogP contribution in [0.5, 0.6) is 0 Å². The molecule has 1 aliphatic carbocycles.